The maximum Gasteiger partial charge on any atom is 0.418 e. The van der Waals surface area contributed by atoms with Crippen LogP contribution in [0, 0.1) is 5.82 Å². The molecule has 2 aromatic rings. The number of aliphatic carboxylic acids is 1. The Morgan fingerprint density at radius 1 is 1.09 bits per heavy atom. The standard InChI is InChI=1S/C23H25F4N3O4S/c1-15-14-28(20-8-7-16(24)12-19(20)23(25,26)27)10-11-30(15)35(33,34)18-5-2-4-17(13-18)29-9-3-6-21(29)22(31)32/h2,4-5,7-8,12-13,15,21H,3,6,9-11,14H2,1H3,(H,31,32)/t15-,21+/m1/s1. The van der Waals surface area contributed by atoms with Crippen molar-refractivity contribution in [3.8, 4) is 0 Å². The molecule has 0 aromatic heterocycles. The van der Waals surface area contributed by atoms with E-state index in [1.807, 2.05) is 0 Å². The number of carboxylic acids is 1. The fourth-order valence-corrected chi connectivity index (χ4v) is 6.47. The zero-order valence-electron chi connectivity index (χ0n) is 18.9. The summed E-state index contributed by atoms with van der Waals surface area (Å²) < 4.78 is 82.0. The number of carboxylic acid groups (broad SMARTS) is 1. The highest BCUT2D eigenvalue weighted by Gasteiger charge is 2.39. The number of hydrogen-bond acceptors (Lipinski definition) is 5. The van der Waals surface area contributed by atoms with Gasteiger partial charge in [0, 0.05) is 43.6 Å². The molecule has 0 unspecified atom stereocenters. The lowest BCUT2D eigenvalue weighted by atomic mass is 10.1. The van der Waals surface area contributed by atoms with E-state index in [-0.39, 0.29) is 30.2 Å². The van der Waals surface area contributed by atoms with Gasteiger partial charge in [-0.15, -0.1) is 0 Å². The summed E-state index contributed by atoms with van der Waals surface area (Å²) in [5.41, 5.74) is -0.811. The van der Waals surface area contributed by atoms with Crippen molar-refractivity contribution in [3.05, 3.63) is 53.8 Å². The minimum atomic E-state index is -4.76. The third-order valence-corrected chi connectivity index (χ3v) is 8.47. The average molecular weight is 516 g/mol. The van der Waals surface area contributed by atoms with E-state index in [1.54, 1.807) is 24.0 Å². The van der Waals surface area contributed by atoms with Crippen molar-refractivity contribution in [3.63, 3.8) is 0 Å². The summed E-state index contributed by atoms with van der Waals surface area (Å²) in [5, 5.41) is 9.45. The van der Waals surface area contributed by atoms with Crippen molar-refractivity contribution in [1.82, 2.24) is 4.31 Å². The highest BCUT2D eigenvalue weighted by atomic mass is 32.2. The third-order valence-electron chi connectivity index (χ3n) is 6.46. The first-order chi connectivity index (χ1) is 16.4. The van der Waals surface area contributed by atoms with Gasteiger partial charge in [0.05, 0.1) is 10.5 Å². The Balaban J connectivity index is 1.57. The molecule has 2 aromatic carbocycles. The molecular weight excluding hydrogens is 490 g/mol. The number of hydrogen-bond donors (Lipinski definition) is 1. The Morgan fingerprint density at radius 2 is 1.83 bits per heavy atom. The summed E-state index contributed by atoms with van der Waals surface area (Å²) in [7, 11) is -4.00. The topological polar surface area (TPSA) is 81.2 Å². The van der Waals surface area contributed by atoms with Gasteiger partial charge in [0.1, 0.15) is 11.9 Å². The first kappa shape index (κ1) is 25.2. The number of benzene rings is 2. The molecular formula is C23H25F4N3O4S. The molecule has 0 amide bonds. The third kappa shape index (κ3) is 4.94. The fraction of sp³-hybridized carbons (Fsp3) is 0.435. The van der Waals surface area contributed by atoms with Gasteiger partial charge in [-0.1, -0.05) is 6.07 Å². The first-order valence-electron chi connectivity index (χ1n) is 11.1. The lowest BCUT2D eigenvalue weighted by Crippen LogP contribution is -2.54. The van der Waals surface area contributed by atoms with Crippen molar-refractivity contribution in [2.45, 2.75) is 42.9 Å². The van der Waals surface area contributed by atoms with E-state index < -0.39 is 45.6 Å². The molecule has 4 rings (SSSR count). The van der Waals surface area contributed by atoms with Crippen LogP contribution in [0.15, 0.2) is 47.4 Å². The van der Waals surface area contributed by atoms with E-state index in [9.17, 15) is 35.9 Å². The smallest absolute Gasteiger partial charge is 0.418 e. The molecule has 190 valence electrons. The molecule has 0 aliphatic carbocycles. The summed E-state index contributed by atoms with van der Waals surface area (Å²) in [6, 6.07) is 7.14. The summed E-state index contributed by atoms with van der Waals surface area (Å²) in [6.07, 6.45) is -3.61. The zero-order valence-corrected chi connectivity index (χ0v) is 19.7. The number of sulfonamides is 1. The van der Waals surface area contributed by atoms with Gasteiger partial charge in [0.25, 0.3) is 0 Å². The Hall–Kier alpha value is -2.86. The second-order valence-corrected chi connectivity index (χ2v) is 10.6. The normalized spacial score (nSPS) is 22.0. The number of rotatable bonds is 5. The van der Waals surface area contributed by atoms with Gasteiger partial charge in [-0.25, -0.2) is 17.6 Å². The summed E-state index contributed by atoms with van der Waals surface area (Å²) in [4.78, 5) is 14.6. The van der Waals surface area contributed by atoms with Gasteiger partial charge < -0.3 is 14.9 Å². The number of halogens is 4. The number of carbonyl (C=O) groups is 1. The van der Waals surface area contributed by atoms with Crippen LogP contribution < -0.4 is 9.80 Å². The predicted octanol–water partition coefficient (Wildman–Crippen LogP) is 3.80. The van der Waals surface area contributed by atoms with Gasteiger partial charge in [-0.3, -0.25) is 0 Å². The highest BCUT2D eigenvalue weighted by molar-refractivity contribution is 7.89. The number of alkyl halides is 3. The molecule has 2 aliphatic heterocycles. The second-order valence-electron chi connectivity index (χ2n) is 8.76. The van der Waals surface area contributed by atoms with Crippen LogP contribution in [-0.2, 0) is 21.0 Å². The zero-order chi connectivity index (χ0) is 25.5. The minimum Gasteiger partial charge on any atom is -0.480 e. The minimum absolute atomic E-state index is 0.00874. The first-order valence-corrected chi connectivity index (χ1v) is 12.6. The molecule has 1 N–H and O–H groups in total. The summed E-state index contributed by atoms with van der Waals surface area (Å²) in [5.74, 6) is -1.97. The van der Waals surface area contributed by atoms with Crippen LogP contribution in [0.1, 0.15) is 25.3 Å². The van der Waals surface area contributed by atoms with Gasteiger partial charge in [0.15, 0.2) is 0 Å². The Labute approximate surface area is 200 Å². The molecule has 0 saturated carbocycles. The fourth-order valence-electron chi connectivity index (χ4n) is 4.82. The molecule has 2 fully saturated rings. The van der Waals surface area contributed by atoms with Gasteiger partial charge in [0.2, 0.25) is 10.0 Å². The monoisotopic (exact) mass is 515 g/mol. The maximum absolute atomic E-state index is 13.5. The average Bonchev–Trinajstić information content (AvgIpc) is 3.29. The van der Waals surface area contributed by atoms with E-state index in [4.69, 9.17) is 0 Å². The summed E-state index contributed by atoms with van der Waals surface area (Å²) >= 11 is 0. The lowest BCUT2D eigenvalue weighted by molar-refractivity contribution is -0.138. The molecule has 35 heavy (non-hydrogen) atoms. The largest absolute Gasteiger partial charge is 0.480 e. The van der Waals surface area contributed by atoms with Crippen molar-refractivity contribution in [2.24, 2.45) is 0 Å². The van der Waals surface area contributed by atoms with E-state index in [2.05, 4.69) is 0 Å². The van der Waals surface area contributed by atoms with Gasteiger partial charge in [-0.05, 0) is 56.2 Å². The number of nitrogens with zero attached hydrogens (tertiary/aromatic N) is 3. The van der Waals surface area contributed by atoms with Crippen molar-refractivity contribution < 1.29 is 35.9 Å². The SMILES string of the molecule is C[C@@H]1CN(c2ccc(F)cc2C(F)(F)F)CCN1S(=O)(=O)c1cccc(N2CCC[C@H]2C(=O)O)c1. The van der Waals surface area contributed by atoms with Crippen LogP contribution in [0.5, 0.6) is 0 Å². The van der Waals surface area contributed by atoms with Crippen molar-refractivity contribution >= 4 is 27.4 Å². The highest BCUT2D eigenvalue weighted by Crippen LogP contribution is 2.38. The maximum atomic E-state index is 13.5. The van der Waals surface area contributed by atoms with E-state index in [1.165, 1.54) is 21.3 Å². The Bertz CT molecular complexity index is 1220. The molecule has 12 heteroatoms. The molecule has 0 radical (unpaired) electrons. The lowest BCUT2D eigenvalue weighted by Gasteiger charge is -2.40. The molecule has 0 spiro atoms. The Morgan fingerprint density at radius 3 is 2.49 bits per heavy atom. The van der Waals surface area contributed by atoms with E-state index in [0.29, 0.717) is 31.1 Å². The molecule has 2 saturated heterocycles. The molecule has 2 atom stereocenters. The van der Waals surface area contributed by atoms with Crippen molar-refractivity contribution in [2.75, 3.05) is 36.0 Å². The molecule has 7 nitrogen and oxygen atoms in total. The van der Waals surface area contributed by atoms with Crippen molar-refractivity contribution in [1.29, 1.82) is 0 Å². The van der Waals surface area contributed by atoms with Crippen LogP contribution in [0.3, 0.4) is 0 Å². The second kappa shape index (κ2) is 9.30. The molecule has 0 bridgehead atoms. The number of piperazine rings is 1. The number of anilines is 2. The molecule has 2 heterocycles. The van der Waals surface area contributed by atoms with Crippen LogP contribution in [0.25, 0.3) is 0 Å². The van der Waals surface area contributed by atoms with E-state index >= 15 is 0 Å². The van der Waals surface area contributed by atoms with Gasteiger partial charge >= 0.3 is 12.1 Å². The predicted molar refractivity (Wildman–Crippen MR) is 121 cm³/mol. The molecule has 2 aliphatic rings. The van der Waals surface area contributed by atoms with Crippen LogP contribution in [0.2, 0.25) is 0 Å². The quantitative estimate of drug-likeness (QED) is 0.611. The van der Waals surface area contributed by atoms with Crippen LogP contribution in [-0.4, -0.2) is 62.1 Å². The van der Waals surface area contributed by atoms with Crippen LogP contribution in [0.4, 0.5) is 28.9 Å². The van der Waals surface area contributed by atoms with Gasteiger partial charge in [-0.2, -0.15) is 17.5 Å². The Kier molecular flexibility index (Phi) is 6.71. The van der Waals surface area contributed by atoms with E-state index in [0.717, 1.165) is 12.1 Å². The summed E-state index contributed by atoms with van der Waals surface area (Å²) in [6.45, 7) is 2.01. The van der Waals surface area contributed by atoms with Crippen LogP contribution >= 0.6 is 0 Å².